The summed E-state index contributed by atoms with van der Waals surface area (Å²) in [6.07, 6.45) is 2.08. The monoisotopic (exact) mass is 318 g/mol. The topological polar surface area (TPSA) is 46.3 Å². The van der Waals surface area contributed by atoms with Crippen molar-refractivity contribution in [3.63, 3.8) is 0 Å². The van der Waals surface area contributed by atoms with E-state index in [1.54, 1.807) is 4.90 Å². The van der Waals surface area contributed by atoms with Crippen LogP contribution in [0, 0.1) is 0 Å². The minimum absolute atomic E-state index is 0. The zero-order valence-corrected chi connectivity index (χ0v) is 13.9. The van der Waals surface area contributed by atoms with Gasteiger partial charge in [-0.05, 0) is 44.4 Å². The van der Waals surface area contributed by atoms with Crippen molar-refractivity contribution in [2.24, 2.45) is 5.73 Å². The molecule has 1 aromatic rings. The Morgan fingerprint density at radius 2 is 1.85 bits per heavy atom. The molecule has 3 nitrogen and oxygen atoms in total. The average molecular weight is 319 g/mol. The lowest BCUT2D eigenvalue weighted by Crippen LogP contribution is -2.37. The van der Waals surface area contributed by atoms with Gasteiger partial charge in [-0.1, -0.05) is 23.7 Å². The van der Waals surface area contributed by atoms with Crippen LogP contribution in [0.3, 0.4) is 0 Å². The first-order chi connectivity index (χ1) is 8.90. The van der Waals surface area contributed by atoms with Crippen molar-refractivity contribution in [2.75, 3.05) is 7.05 Å². The molecule has 20 heavy (non-hydrogen) atoms. The van der Waals surface area contributed by atoms with Gasteiger partial charge in [0.1, 0.15) is 0 Å². The van der Waals surface area contributed by atoms with Gasteiger partial charge in [0.25, 0.3) is 0 Å². The number of nitrogens with two attached hydrogens (primary N) is 1. The summed E-state index contributed by atoms with van der Waals surface area (Å²) in [6, 6.07) is 7.99. The largest absolute Gasteiger partial charge is 0.343 e. The van der Waals surface area contributed by atoms with E-state index in [4.69, 9.17) is 17.3 Å². The van der Waals surface area contributed by atoms with Gasteiger partial charge >= 0.3 is 0 Å². The van der Waals surface area contributed by atoms with Crippen LogP contribution in [0.4, 0.5) is 0 Å². The molecule has 0 aliphatic heterocycles. The molecule has 1 rings (SSSR count). The average Bonchev–Trinajstić information content (AvgIpc) is 2.37. The quantitative estimate of drug-likeness (QED) is 0.874. The van der Waals surface area contributed by atoms with E-state index in [9.17, 15) is 4.79 Å². The Hall–Kier alpha value is -0.770. The van der Waals surface area contributed by atoms with Gasteiger partial charge in [-0.25, -0.2) is 0 Å². The third-order valence-corrected chi connectivity index (χ3v) is 3.56. The van der Waals surface area contributed by atoms with Crippen molar-refractivity contribution in [3.05, 3.63) is 34.9 Å². The fourth-order valence-corrected chi connectivity index (χ4v) is 2.00. The van der Waals surface area contributed by atoms with Crippen molar-refractivity contribution < 1.29 is 4.79 Å². The highest BCUT2D eigenvalue weighted by atomic mass is 35.5. The van der Waals surface area contributed by atoms with Crippen LogP contribution in [0.15, 0.2) is 24.3 Å². The Bertz CT molecular complexity index is 407. The number of carbonyl (C=O) groups excluding carboxylic acids is 1. The molecule has 114 valence electrons. The molecule has 1 amide bonds. The normalized spacial score (nSPS) is 13.2. The highest BCUT2D eigenvalue weighted by Gasteiger charge is 2.16. The molecule has 5 heteroatoms. The molecule has 0 aliphatic carbocycles. The van der Waals surface area contributed by atoms with Crippen LogP contribution >= 0.6 is 24.0 Å². The number of likely N-dealkylation sites (N-methyl/N-ethyl adjacent to an activating group) is 1. The molecule has 0 saturated carbocycles. The van der Waals surface area contributed by atoms with Gasteiger partial charge in [0.15, 0.2) is 0 Å². The van der Waals surface area contributed by atoms with E-state index in [0.717, 1.165) is 17.9 Å². The van der Waals surface area contributed by atoms with Crippen LogP contribution in [0.2, 0.25) is 5.02 Å². The number of benzene rings is 1. The third kappa shape index (κ3) is 6.60. The van der Waals surface area contributed by atoms with Gasteiger partial charge in [0.05, 0.1) is 0 Å². The number of halogens is 2. The molecular weight excluding hydrogens is 295 g/mol. The summed E-state index contributed by atoms with van der Waals surface area (Å²) in [5, 5.41) is 0.734. The van der Waals surface area contributed by atoms with Crippen LogP contribution in [-0.4, -0.2) is 29.9 Å². The van der Waals surface area contributed by atoms with Gasteiger partial charge in [-0.2, -0.15) is 0 Å². The van der Waals surface area contributed by atoms with Crippen LogP contribution in [-0.2, 0) is 11.2 Å². The van der Waals surface area contributed by atoms with E-state index in [-0.39, 0.29) is 30.4 Å². The first kappa shape index (κ1) is 19.2. The van der Waals surface area contributed by atoms with E-state index in [2.05, 4.69) is 6.92 Å². The highest BCUT2D eigenvalue weighted by Crippen LogP contribution is 2.13. The van der Waals surface area contributed by atoms with E-state index >= 15 is 0 Å². The molecule has 1 aromatic carbocycles. The lowest BCUT2D eigenvalue weighted by molar-refractivity contribution is -0.131. The molecule has 0 radical (unpaired) electrons. The van der Waals surface area contributed by atoms with Crippen molar-refractivity contribution >= 4 is 29.9 Å². The minimum Gasteiger partial charge on any atom is -0.343 e. The Balaban J connectivity index is 0.00000361. The Morgan fingerprint density at radius 3 is 2.35 bits per heavy atom. The van der Waals surface area contributed by atoms with Crippen LogP contribution in [0.1, 0.15) is 32.3 Å². The second-order valence-corrected chi connectivity index (χ2v) is 5.64. The van der Waals surface area contributed by atoms with Crippen molar-refractivity contribution in [1.29, 1.82) is 0 Å². The SMILES string of the molecule is CC(N)CCC(=O)N(C)C(C)Cc1ccc(Cl)cc1.Cl. The minimum atomic E-state index is 0. The smallest absolute Gasteiger partial charge is 0.222 e. The molecule has 0 heterocycles. The third-order valence-electron chi connectivity index (χ3n) is 3.31. The van der Waals surface area contributed by atoms with Crippen molar-refractivity contribution in [2.45, 2.75) is 45.2 Å². The predicted molar refractivity (Wildman–Crippen MR) is 87.5 cm³/mol. The maximum Gasteiger partial charge on any atom is 0.222 e. The molecule has 0 fully saturated rings. The zero-order chi connectivity index (χ0) is 14.4. The summed E-state index contributed by atoms with van der Waals surface area (Å²) in [7, 11) is 1.85. The van der Waals surface area contributed by atoms with Crippen LogP contribution in [0.5, 0.6) is 0 Å². The molecule has 2 unspecified atom stereocenters. The number of hydrogen-bond acceptors (Lipinski definition) is 2. The predicted octanol–water partition coefficient (Wildman–Crippen LogP) is 3.28. The maximum absolute atomic E-state index is 12.0. The summed E-state index contributed by atoms with van der Waals surface area (Å²) in [5.74, 6) is 0.152. The fourth-order valence-electron chi connectivity index (χ4n) is 1.87. The molecule has 0 saturated heterocycles. The lowest BCUT2D eigenvalue weighted by Gasteiger charge is -2.25. The Morgan fingerprint density at radius 1 is 1.30 bits per heavy atom. The molecular formula is C15H24Cl2N2O. The van der Waals surface area contributed by atoms with Gasteiger partial charge < -0.3 is 10.6 Å². The molecule has 2 atom stereocenters. The fraction of sp³-hybridized carbons (Fsp3) is 0.533. The standard InChI is InChI=1S/C15H23ClN2O.ClH/c1-11(17)4-9-15(19)18(3)12(2)10-13-5-7-14(16)8-6-13;/h5-8,11-12H,4,9-10,17H2,1-3H3;1H. The summed E-state index contributed by atoms with van der Waals surface area (Å²) in [5.41, 5.74) is 6.86. The number of amides is 1. The Kier molecular flexibility index (Phi) is 8.86. The van der Waals surface area contributed by atoms with Gasteiger partial charge in [0, 0.05) is 30.6 Å². The van der Waals surface area contributed by atoms with Gasteiger partial charge in [-0.3, -0.25) is 4.79 Å². The molecule has 2 N–H and O–H groups in total. The maximum atomic E-state index is 12.0. The summed E-state index contributed by atoms with van der Waals surface area (Å²) < 4.78 is 0. The second-order valence-electron chi connectivity index (χ2n) is 5.20. The van der Waals surface area contributed by atoms with E-state index < -0.39 is 0 Å². The second kappa shape index (κ2) is 9.22. The van der Waals surface area contributed by atoms with Crippen LogP contribution < -0.4 is 5.73 Å². The van der Waals surface area contributed by atoms with E-state index in [0.29, 0.717) is 6.42 Å². The summed E-state index contributed by atoms with van der Waals surface area (Å²) in [6.45, 7) is 3.98. The summed E-state index contributed by atoms with van der Waals surface area (Å²) in [4.78, 5) is 13.8. The molecule has 0 spiro atoms. The van der Waals surface area contributed by atoms with Gasteiger partial charge in [0.2, 0.25) is 5.91 Å². The zero-order valence-electron chi connectivity index (χ0n) is 12.3. The molecule has 0 bridgehead atoms. The number of hydrogen-bond donors (Lipinski definition) is 1. The number of rotatable bonds is 6. The Labute approximate surface area is 132 Å². The molecule has 0 aromatic heterocycles. The first-order valence-corrected chi connectivity index (χ1v) is 7.03. The number of nitrogens with zero attached hydrogens (tertiary/aromatic N) is 1. The van der Waals surface area contributed by atoms with E-state index in [1.807, 2.05) is 38.2 Å². The van der Waals surface area contributed by atoms with E-state index in [1.165, 1.54) is 5.56 Å². The molecule has 0 aliphatic rings. The highest BCUT2D eigenvalue weighted by molar-refractivity contribution is 6.30. The first-order valence-electron chi connectivity index (χ1n) is 6.66. The number of carbonyl (C=O) groups is 1. The lowest BCUT2D eigenvalue weighted by atomic mass is 10.1. The van der Waals surface area contributed by atoms with Gasteiger partial charge in [-0.15, -0.1) is 12.4 Å². The summed E-state index contributed by atoms with van der Waals surface area (Å²) >= 11 is 5.86. The van der Waals surface area contributed by atoms with Crippen LogP contribution in [0.25, 0.3) is 0 Å². The van der Waals surface area contributed by atoms with Crippen molar-refractivity contribution in [1.82, 2.24) is 4.90 Å². The van der Waals surface area contributed by atoms with Crippen molar-refractivity contribution in [3.8, 4) is 0 Å².